The fourth-order valence-electron chi connectivity index (χ4n) is 5.48. The summed E-state index contributed by atoms with van der Waals surface area (Å²) in [6.45, 7) is 10.1. The summed E-state index contributed by atoms with van der Waals surface area (Å²) in [5, 5.41) is 0.619. The van der Waals surface area contributed by atoms with Crippen molar-refractivity contribution in [2.75, 3.05) is 26.7 Å². The first-order chi connectivity index (χ1) is 19.5. The number of esters is 1. The summed E-state index contributed by atoms with van der Waals surface area (Å²) in [7, 11) is 1.46. The molecule has 0 radical (unpaired) electrons. The number of pyridine rings is 1. The Morgan fingerprint density at radius 3 is 2.37 bits per heavy atom. The standard InChI is InChI=1S/C32H40N4O5/c1-21-19-35(20-22-11-7-6-8-12-22)17-18-36(21)31(39)24(15-16-26(37)41-32(2,3)4)28-27(30(33)38)29(40-5)23-13-9-10-14-25(23)34-28/h6-14,21,24H,15-20H2,1-5H3,(H2,33,38). The molecule has 2 N–H and O–H groups in total. The quantitative estimate of drug-likeness (QED) is 0.389. The van der Waals surface area contributed by atoms with E-state index < -0.39 is 23.4 Å². The average molecular weight is 561 g/mol. The van der Waals surface area contributed by atoms with E-state index in [1.807, 2.05) is 42.2 Å². The van der Waals surface area contributed by atoms with Gasteiger partial charge < -0.3 is 20.1 Å². The summed E-state index contributed by atoms with van der Waals surface area (Å²) in [6, 6.07) is 17.4. The molecule has 2 heterocycles. The number of ether oxygens (including phenoxy) is 2. The van der Waals surface area contributed by atoms with Crippen molar-refractivity contribution in [2.45, 2.75) is 64.6 Å². The SMILES string of the molecule is COc1c(C(N)=O)c(C(CCC(=O)OC(C)(C)C)C(=O)N2CCN(Cc3ccccc3)CC2C)nc2ccccc12. The number of methoxy groups -OCH3 is 1. The van der Waals surface area contributed by atoms with E-state index >= 15 is 0 Å². The molecule has 9 heteroatoms. The molecule has 0 bridgehead atoms. The molecule has 3 aromatic rings. The molecule has 41 heavy (non-hydrogen) atoms. The molecule has 2 unspecified atom stereocenters. The lowest BCUT2D eigenvalue weighted by atomic mass is 9.90. The summed E-state index contributed by atoms with van der Waals surface area (Å²) in [6.07, 6.45) is 0.0878. The molecule has 0 aliphatic carbocycles. The molecular weight excluding hydrogens is 520 g/mol. The molecule has 1 aliphatic heterocycles. The van der Waals surface area contributed by atoms with Crippen molar-refractivity contribution in [3.8, 4) is 5.75 Å². The number of primary amides is 1. The van der Waals surface area contributed by atoms with Gasteiger partial charge in [-0.3, -0.25) is 24.3 Å². The summed E-state index contributed by atoms with van der Waals surface area (Å²) in [5.41, 5.74) is 7.28. The maximum atomic E-state index is 14.3. The Morgan fingerprint density at radius 2 is 1.73 bits per heavy atom. The Bertz CT molecular complexity index is 1400. The van der Waals surface area contributed by atoms with Gasteiger partial charge in [-0.05, 0) is 51.8 Å². The maximum Gasteiger partial charge on any atom is 0.306 e. The Balaban J connectivity index is 1.68. The van der Waals surface area contributed by atoms with E-state index in [2.05, 4.69) is 17.0 Å². The van der Waals surface area contributed by atoms with Crippen LogP contribution in [0.1, 0.15) is 68.1 Å². The number of aromatic nitrogens is 1. The third-order valence-electron chi connectivity index (χ3n) is 7.25. The van der Waals surface area contributed by atoms with Crippen molar-refractivity contribution in [3.05, 3.63) is 71.4 Å². The number of carbonyl (C=O) groups is 3. The maximum absolute atomic E-state index is 14.3. The lowest BCUT2D eigenvalue weighted by Crippen LogP contribution is -2.54. The van der Waals surface area contributed by atoms with E-state index in [-0.39, 0.29) is 41.8 Å². The zero-order valence-corrected chi connectivity index (χ0v) is 24.6. The normalized spacial score (nSPS) is 16.8. The van der Waals surface area contributed by atoms with E-state index in [1.165, 1.54) is 12.7 Å². The van der Waals surface area contributed by atoms with Crippen molar-refractivity contribution in [1.29, 1.82) is 0 Å². The minimum absolute atomic E-state index is 0.0228. The minimum Gasteiger partial charge on any atom is -0.495 e. The summed E-state index contributed by atoms with van der Waals surface area (Å²) in [5.74, 6) is -2.00. The highest BCUT2D eigenvalue weighted by Crippen LogP contribution is 2.36. The molecule has 1 aliphatic rings. The Kier molecular flexibility index (Phi) is 9.28. The Morgan fingerprint density at radius 1 is 1.05 bits per heavy atom. The zero-order valence-electron chi connectivity index (χ0n) is 24.6. The van der Waals surface area contributed by atoms with Crippen LogP contribution in [-0.2, 0) is 20.9 Å². The lowest BCUT2D eigenvalue weighted by molar-refractivity contribution is -0.155. The van der Waals surface area contributed by atoms with Crippen LogP contribution in [0.2, 0.25) is 0 Å². The first kappa shape index (κ1) is 30.0. The molecule has 1 saturated heterocycles. The van der Waals surface area contributed by atoms with Gasteiger partial charge in [0.1, 0.15) is 16.9 Å². The van der Waals surface area contributed by atoms with Gasteiger partial charge in [-0.1, -0.05) is 42.5 Å². The Hall–Kier alpha value is -3.98. The molecule has 4 rings (SSSR count). The minimum atomic E-state index is -0.897. The zero-order chi connectivity index (χ0) is 29.7. The van der Waals surface area contributed by atoms with Crippen molar-refractivity contribution >= 4 is 28.7 Å². The number of hydrogen-bond acceptors (Lipinski definition) is 7. The number of hydrogen-bond donors (Lipinski definition) is 1. The number of amides is 2. The van der Waals surface area contributed by atoms with Crippen LogP contribution in [0.3, 0.4) is 0 Å². The van der Waals surface area contributed by atoms with E-state index in [0.29, 0.717) is 30.5 Å². The van der Waals surface area contributed by atoms with E-state index in [1.54, 1.807) is 32.9 Å². The van der Waals surface area contributed by atoms with Crippen LogP contribution in [0.15, 0.2) is 54.6 Å². The molecule has 1 aromatic heterocycles. The van der Waals surface area contributed by atoms with Crippen molar-refractivity contribution in [2.24, 2.45) is 5.73 Å². The summed E-state index contributed by atoms with van der Waals surface area (Å²) >= 11 is 0. The van der Waals surface area contributed by atoms with Crippen LogP contribution in [0.4, 0.5) is 0 Å². The van der Waals surface area contributed by atoms with Crippen LogP contribution >= 0.6 is 0 Å². The van der Waals surface area contributed by atoms with Crippen LogP contribution in [0, 0.1) is 0 Å². The van der Waals surface area contributed by atoms with Gasteiger partial charge in [0.25, 0.3) is 5.91 Å². The Labute approximate surface area is 241 Å². The molecule has 2 atom stereocenters. The summed E-state index contributed by atoms with van der Waals surface area (Å²) < 4.78 is 11.2. The second-order valence-electron chi connectivity index (χ2n) is 11.6. The molecule has 2 aromatic carbocycles. The monoisotopic (exact) mass is 560 g/mol. The highest BCUT2D eigenvalue weighted by atomic mass is 16.6. The van der Waals surface area contributed by atoms with Gasteiger partial charge in [0.05, 0.1) is 24.2 Å². The van der Waals surface area contributed by atoms with Crippen molar-refractivity contribution < 1.29 is 23.9 Å². The highest BCUT2D eigenvalue weighted by Gasteiger charge is 2.37. The molecule has 218 valence electrons. The largest absolute Gasteiger partial charge is 0.495 e. The second kappa shape index (κ2) is 12.7. The first-order valence-electron chi connectivity index (χ1n) is 14.0. The van der Waals surface area contributed by atoms with Gasteiger partial charge in [0.15, 0.2) is 0 Å². The van der Waals surface area contributed by atoms with E-state index in [4.69, 9.17) is 20.2 Å². The average Bonchev–Trinajstić information content (AvgIpc) is 2.91. The number of piperazine rings is 1. The molecular formula is C32H40N4O5. The number of nitrogens with two attached hydrogens (primary N) is 1. The van der Waals surface area contributed by atoms with Crippen LogP contribution in [0.5, 0.6) is 5.75 Å². The molecule has 2 amide bonds. The topological polar surface area (TPSA) is 115 Å². The highest BCUT2D eigenvalue weighted by molar-refractivity contribution is 6.04. The number of fused-ring (bicyclic) bond motifs is 1. The number of para-hydroxylation sites is 1. The van der Waals surface area contributed by atoms with Gasteiger partial charge in [-0.15, -0.1) is 0 Å². The van der Waals surface area contributed by atoms with Gasteiger partial charge in [0.2, 0.25) is 5.91 Å². The third-order valence-corrected chi connectivity index (χ3v) is 7.25. The van der Waals surface area contributed by atoms with Crippen molar-refractivity contribution in [3.63, 3.8) is 0 Å². The van der Waals surface area contributed by atoms with Crippen molar-refractivity contribution in [1.82, 2.24) is 14.8 Å². The lowest BCUT2D eigenvalue weighted by Gasteiger charge is -2.41. The van der Waals surface area contributed by atoms with E-state index in [9.17, 15) is 14.4 Å². The van der Waals surface area contributed by atoms with Crippen LogP contribution < -0.4 is 10.5 Å². The van der Waals surface area contributed by atoms with Gasteiger partial charge in [0, 0.05) is 44.0 Å². The summed E-state index contributed by atoms with van der Waals surface area (Å²) in [4.78, 5) is 48.8. The van der Waals surface area contributed by atoms with Gasteiger partial charge >= 0.3 is 5.97 Å². The fraction of sp³-hybridized carbons (Fsp3) is 0.438. The number of rotatable bonds is 9. The number of benzene rings is 2. The van der Waals surface area contributed by atoms with Gasteiger partial charge in [-0.2, -0.15) is 0 Å². The fourth-order valence-corrected chi connectivity index (χ4v) is 5.48. The predicted octanol–water partition coefficient (Wildman–Crippen LogP) is 4.28. The van der Waals surface area contributed by atoms with E-state index in [0.717, 1.165) is 6.54 Å². The number of carbonyl (C=O) groups excluding carboxylic acids is 3. The molecule has 9 nitrogen and oxygen atoms in total. The smallest absolute Gasteiger partial charge is 0.306 e. The van der Waals surface area contributed by atoms with Crippen LogP contribution in [0.25, 0.3) is 10.9 Å². The first-order valence-corrected chi connectivity index (χ1v) is 14.0. The van der Waals surface area contributed by atoms with Crippen LogP contribution in [-0.4, -0.2) is 71.0 Å². The molecule has 0 saturated carbocycles. The predicted molar refractivity (Wildman–Crippen MR) is 158 cm³/mol. The van der Waals surface area contributed by atoms with Gasteiger partial charge in [-0.25, -0.2) is 0 Å². The molecule has 0 spiro atoms. The second-order valence-corrected chi connectivity index (χ2v) is 11.6. The number of nitrogens with zero attached hydrogens (tertiary/aromatic N) is 3. The third kappa shape index (κ3) is 7.21. The molecule has 1 fully saturated rings.